The molecule has 1 aromatic heterocycles. The normalized spacial score (nSPS) is 13.6. The van der Waals surface area contributed by atoms with Crippen molar-refractivity contribution in [3.63, 3.8) is 0 Å². The van der Waals surface area contributed by atoms with Crippen LogP contribution in [0.4, 0.5) is 0 Å². The summed E-state index contributed by atoms with van der Waals surface area (Å²) in [5.41, 5.74) is 1.12. The molecule has 1 heterocycles. The second kappa shape index (κ2) is 8.17. The van der Waals surface area contributed by atoms with Gasteiger partial charge in [0.25, 0.3) is 0 Å². The van der Waals surface area contributed by atoms with E-state index in [1.54, 1.807) is 30.3 Å². The minimum atomic E-state index is -3.57. The van der Waals surface area contributed by atoms with Crippen LogP contribution in [-0.2, 0) is 16.6 Å². The fourth-order valence-corrected chi connectivity index (χ4v) is 4.78. The predicted molar refractivity (Wildman–Crippen MR) is 86.2 cm³/mol. The largest absolute Gasteiger partial charge is 0.396 e. The van der Waals surface area contributed by atoms with Gasteiger partial charge in [0.15, 0.2) is 0 Å². The molecule has 1 rings (SSSR count). The Morgan fingerprint density at radius 2 is 2.10 bits per heavy atom. The standard InChI is InChI=1S/C13H25N3O3S2/c1-5-12(9-20-4)15-21(18,19)13-10(2)14-16(11(13)3)7-6-8-17/h12,15,17H,5-9H2,1-4H3. The molecule has 0 bridgehead atoms. The van der Waals surface area contributed by atoms with Gasteiger partial charge in [0.05, 0.1) is 11.4 Å². The Morgan fingerprint density at radius 3 is 2.62 bits per heavy atom. The van der Waals surface area contributed by atoms with Crippen LogP contribution in [0.15, 0.2) is 4.90 Å². The molecule has 0 aliphatic heterocycles. The van der Waals surface area contributed by atoms with Crippen molar-refractivity contribution >= 4 is 21.8 Å². The summed E-state index contributed by atoms with van der Waals surface area (Å²) in [5.74, 6) is 0.743. The lowest BCUT2D eigenvalue weighted by Crippen LogP contribution is -2.36. The van der Waals surface area contributed by atoms with Crippen molar-refractivity contribution in [1.82, 2.24) is 14.5 Å². The number of aryl methyl sites for hydroxylation is 2. The molecule has 21 heavy (non-hydrogen) atoms. The lowest BCUT2D eigenvalue weighted by Gasteiger charge is -2.16. The molecule has 1 unspecified atom stereocenters. The molecule has 0 aliphatic carbocycles. The van der Waals surface area contributed by atoms with Crippen LogP contribution >= 0.6 is 11.8 Å². The van der Waals surface area contributed by atoms with Crippen LogP contribution < -0.4 is 4.72 Å². The number of aliphatic hydroxyl groups is 1. The number of hydrogen-bond donors (Lipinski definition) is 2. The number of aromatic nitrogens is 2. The van der Waals surface area contributed by atoms with Crippen molar-refractivity contribution < 1.29 is 13.5 Å². The van der Waals surface area contributed by atoms with E-state index in [-0.39, 0.29) is 17.5 Å². The van der Waals surface area contributed by atoms with Crippen LogP contribution in [0, 0.1) is 13.8 Å². The van der Waals surface area contributed by atoms with E-state index in [0.29, 0.717) is 24.4 Å². The molecule has 0 spiro atoms. The third-order valence-corrected chi connectivity index (χ3v) is 5.80. The van der Waals surface area contributed by atoms with Crippen molar-refractivity contribution in [3.8, 4) is 0 Å². The van der Waals surface area contributed by atoms with Crippen LogP contribution in [-0.4, -0.2) is 48.0 Å². The van der Waals surface area contributed by atoms with E-state index in [4.69, 9.17) is 5.11 Å². The molecule has 0 amide bonds. The van der Waals surface area contributed by atoms with Crippen LogP contribution in [0.3, 0.4) is 0 Å². The lowest BCUT2D eigenvalue weighted by atomic mass is 10.3. The molecule has 1 aromatic rings. The first-order valence-corrected chi connectivity index (χ1v) is 9.91. The molecular weight excluding hydrogens is 310 g/mol. The van der Waals surface area contributed by atoms with Crippen molar-refractivity contribution in [2.45, 2.75) is 51.1 Å². The summed E-state index contributed by atoms with van der Waals surface area (Å²) in [6.07, 6.45) is 3.26. The zero-order chi connectivity index (χ0) is 16.0. The van der Waals surface area contributed by atoms with Crippen molar-refractivity contribution in [1.29, 1.82) is 0 Å². The van der Waals surface area contributed by atoms with E-state index < -0.39 is 10.0 Å². The maximum atomic E-state index is 12.6. The highest BCUT2D eigenvalue weighted by Crippen LogP contribution is 2.20. The van der Waals surface area contributed by atoms with Gasteiger partial charge in [0.2, 0.25) is 10.0 Å². The van der Waals surface area contributed by atoms with E-state index in [0.717, 1.165) is 12.2 Å². The first-order valence-electron chi connectivity index (χ1n) is 7.03. The van der Waals surface area contributed by atoms with Crippen molar-refractivity contribution in [3.05, 3.63) is 11.4 Å². The average Bonchev–Trinajstić information content (AvgIpc) is 2.70. The monoisotopic (exact) mass is 335 g/mol. The smallest absolute Gasteiger partial charge is 0.244 e. The van der Waals surface area contributed by atoms with Gasteiger partial charge in [-0.15, -0.1) is 0 Å². The highest BCUT2D eigenvalue weighted by Gasteiger charge is 2.26. The molecule has 0 radical (unpaired) electrons. The molecule has 6 nitrogen and oxygen atoms in total. The van der Waals surface area contributed by atoms with Gasteiger partial charge < -0.3 is 5.11 Å². The summed E-state index contributed by atoms with van der Waals surface area (Å²) in [5, 5.41) is 13.2. The van der Waals surface area contributed by atoms with E-state index in [2.05, 4.69) is 9.82 Å². The SMILES string of the molecule is CCC(CSC)NS(=O)(=O)c1c(C)nn(CCCO)c1C. The van der Waals surface area contributed by atoms with Gasteiger partial charge in [-0.3, -0.25) is 4.68 Å². The molecule has 0 fully saturated rings. The molecule has 122 valence electrons. The zero-order valence-electron chi connectivity index (χ0n) is 13.1. The third-order valence-electron chi connectivity index (χ3n) is 3.29. The first-order chi connectivity index (χ1) is 9.87. The van der Waals surface area contributed by atoms with Gasteiger partial charge in [-0.1, -0.05) is 6.92 Å². The molecule has 0 aliphatic rings. The second-order valence-corrected chi connectivity index (χ2v) is 7.54. The van der Waals surface area contributed by atoms with E-state index in [9.17, 15) is 8.42 Å². The van der Waals surface area contributed by atoms with E-state index >= 15 is 0 Å². The van der Waals surface area contributed by atoms with E-state index in [1.807, 2.05) is 13.2 Å². The maximum absolute atomic E-state index is 12.6. The zero-order valence-corrected chi connectivity index (χ0v) is 14.7. The van der Waals surface area contributed by atoms with Crippen LogP contribution in [0.2, 0.25) is 0 Å². The van der Waals surface area contributed by atoms with Crippen LogP contribution in [0.25, 0.3) is 0 Å². The van der Waals surface area contributed by atoms with Crippen LogP contribution in [0.5, 0.6) is 0 Å². The fraction of sp³-hybridized carbons (Fsp3) is 0.769. The van der Waals surface area contributed by atoms with Crippen molar-refractivity contribution in [2.24, 2.45) is 0 Å². The number of sulfonamides is 1. The Labute approximate surface area is 131 Å². The molecule has 0 saturated heterocycles. The summed E-state index contributed by atoms with van der Waals surface area (Å²) in [4.78, 5) is 0.264. The van der Waals surface area contributed by atoms with Gasteiger partial charge >= 0.3 is 0 Å². The summed E-state index contributed by atoms with van der Waals surface area (Å²) >= 11 is 1.62. The van der Waals surface area contributed by atoms with Gasteiger partial charge in [0.1, 0.15) is 4.90 Å². The van der Waals surface area contributed by atoms with Gasteiger partial charge in [-0.05, 0) is 32.9 Å². The average molecular weight is 335 g/mol. The second-order valence-electron chi connectivity index (χ2n) is 4.98. The molecule has 8 heteroatoms. The highest BCUT2D eigenvalue weighted by molar-refractivity contribution is 7.98. The van der Waals surface area contributed by atoms with Gasteiger partial charge in [-0.2, -0.15) is 16.9 Å². The Hall–Kier alpha value is -0.570. The number of thioether (sulfide) groups is 1. The highest BCUT2D eigenvalue weighted by atomic mass is 32.2. The molecule has 0 aromatic carbocycles. The number of hydrogen-bond acceptors (Lipinski definition) is 5. The number of aliphatic hydroxyl groups excluding tert-OH is 1. The minimum absolute atomic E-state index is 0.0598. The summed E-state index contributed by atoms with van der Waals surface area (Å²) in [6.45, 7) is 5.99. The predicted octanol–water partition coefficient (Wildman–Crippen LogP) is 1.30. The summed E-state index contributed by atoms with van der Waals surface area (Å²) in [7, 11) is -3.57. The minimum Gasteiger partial charge on any atom is -0.396 e. The van der Waals surface area contributed by atoms with Gasteiger partial charge in [0, 0.05) is 24.9 Å². The molecular formula is C13H25N3O3S2. The number of nitrogens with one attached hydrogen (secondary N) is 1. The van der Waals surface area contributed by atoms with Gasteiger partial charge in [-0.25, -0.2) is 13.1 Å². The Bertz CT molecular complexity index is 555. The number of nitrogens with zero attached hydrogens (tertiary/aromatic N) is 2. The fourth-order valence-electron chi connectivity index (χ4n) is 2.22. The Balaban J connectivity index is 3.05. The summed E-state index contributed by atoms with van der Waals surface area (Å²) < 4.78 is 29.6. The van der Waals surface area contributed by atoms with Crippen LogP contribution in [0.1, 0.15) is 31.2 Å². The van der Waals surface area contributed by atoms with E-state index in [1.165, 1.54) is 0 Å². The number of rotatable bonds is 9. The Morgan fingerprint density at radius 1 is 1.43 bits per heavy atom. The van der Waals surface area contributed by atoms with Crippen molar-refractivity contribution in [2.75, 3.05) is 18.6 Å². The molecule has 1 atom stereocenters. The quantitative estimate of drug-likeness (QED) is 0.711. The Kier molecular flexibility index (Phi) is 7.19. The molecule has 2 N–H and O–H groups in total. The topological polar surface area (TPSA) is 84.2 Å². The summed E-state index contributed by atoms with van der Waals surface area (Å²) in [6, 6.07) is -0.0791. The maximum Gasteiger partial charge on any atom is 0.244 e. The molecule has 0 saturated carbocycles. The lowest BCUT2D eigenvalue weighted by molar-refractivity contribution is 0.276. The first kappa shape index (κ1) is 18.5. The third kappa shape index (κ3) is 4.70.